The van der Waals surface area contributed by atoms with Crippen LogP contribution in [0.25, 0.3) is 0 Å². The first-order valence-corrected chi connectivity index (χ1v) is 6.37. The lowest BCUT2D eigenvalue weighted by molar-refractivity contribution is 0.0777. The van der Waals surface area contributed by atoms with Gasteiger partial charge in [0.2, 0.25) is 0 Å². The number of likely N-dealkylation sites (N-methyl/N-ethyl adjacent to an activating group) is 1. The fourth-order valence-electron chi connectivity index (χ4n) is 2.18. The molecule has 1 saturated heterocycles. The molecule has 0 aromatic carbocycles. The molecule has 0 atom stereocenters. The molecule has 5 nitrogen and oxygen atoms in total. The van der Waals surface area contributed by atoms with Crippen molar-refractivity contribution < 1.29 is 4.79 Å². The second-order valence-electron chi connectivity index (χ2n) is 4.72. The van der Waals surface area contributed by atoms with E-state index in [2.05, 4.69) is 9.88 Å². The fraction of sp³-hybridized carbons (Fsp3) is 0.538. The first-order valence-electron chi connectivity index (χ1n) is 6.37. The lowest BCUT2D eigenvalue weighted by atomic mass is 10.2. The number of nitrogens with zero attached hydrogens (tertiary/aromatic N) is 3. The number of pyridine rings is 1. The molecule has 2 heterocycles. The van der Waals surface area contributed by atoms with E-state index in [0.717, 1.165) is 26.2 Å². The standard InChI is InChI=1S/C13H20N4O/c1-16(9-10-17-7-2-3-8-17)13(18)12-11(14)5-4-6-15-12/h4-6H,2-3,7-10,14H2,1H3. The molecule has 1 aliphatic heterocycles. The van der Waals surface area contributed by atoms with Gasteiger partial charge in [-0.2, -0.15) is 0 Å². The fourth-order valence-corrected chi connectivity index (χ4v) is 2.18. The summed E-state index contributed by atoms with van der Waals surface area (Å²) < 4.78 is 0. The van der Waals surface area contributed by atoms with Crippen molar-refractivity contribution in [2.24, 2.45) is 0 Å². The molecule has 0 bridgehead atoms. The van der Waals surface area contributed by atoms with E-state index in [4.69, 9.17) is 5.73 Å². The summed E-state index contributed by atoms with van der Waals surface area (Å²) in [6.45, 7) is 3.94. The molecule has 0 unspecified atom stereocenters. The summed E-state index contributed by atoms with van der Waals surface area (Å²) in [6.07, 6.45) is 4.13. The zero-order valence-electron chi connectivity index (χ0n) is 10.8. The quantitative estimate of drug-likeness (QED) is 0.857. The molecule has 1 fully saturated rings. The third-order valence-electron chi connectivity index (χ3n) is 3.34. The molecule has 0 aliphatic carbocycles. The largest absolute Gasteiger partial charge is 0.397 e. The number of rotatable bonds is 4. The van der Waals surface area contributed by atoms with E-state index in [1.54, 1.807) is 30.3 Å². The summed E-state index contributed by atoms with van der Waals surface area (Å²) >= 11 is 0. The summed E-state index contributed by atoms with van der Waals surface area (Å²) in [4.78, 5) is 20.3. The number of anilines is 1. The van der Waals surface area contributed by atoms with Crippen molar-refractivity contribution in [1.82, 2.24) is 14.8 Å². The highest BCUT2D eigenvalue weighted by atomic mass is 16.2. The molecule has 1 aliphatic rings. The third kappa shape index (κ3) is 2.98. The highest BCUT2D eigenvalue weighted by molar-refractivity contribution is 5.96. The summed E-state index contributed by atoms with van der Waals surface area (Å²) in [7, 11) is 1.80. The Bertz CT molecular complexity index is 415. The van der Waals surface area contributed by atoms with Gasteiger partial charge in [0.25, 0.3) is 5.91 Å². The van der Waals surface area contributed by atoms with Gasteiger partial charge in [-0.1, -0.05) is 0 Å². The molecule has 1 aromatic heterocycles. The summed E-state index contributed by atoms with van der Waals surface area (Å²) in [6, 6.07) is 3.44. The van der Waals surface area contributed by atoms with Crippen molar-refractivity contribution in [3.8, 4) is 0 Å². The van der Waals surface area contributed by atoms with Crippen molar-refractivity contribution >= 4 is 11.6 Å². The molecule has 98 valence electrons. The predicted molar refractivity (Wildman–Crippen MR) is 71.3 cm³/mol. The minimum atomic E-state index is -0.104. The molecule has 2 N–H and O–H groups in total. The lowest BCUT2D eigenvalue weighted by Crippen LogP contribution is -2.35. The smallest absolute Gasteiger partial charge is 0.274 e. The minimum absolute atomic E-state index is 0.104. The first kappa shape index (κ1) is 12.8. The third-order valence-corrected chi connectivity index (χ3v) is 3.34. The van der Waals surface area contributed by atoms with Crippen molar-refractivity contribution in [3.63, 3.8) is 0 Å². The summed E-state index contributed by atoms with van der Waals surface area (Å²) in [5.74, 6) is -0.104. The molecule has 1 amide bonds. The van der Waals surface area contributed by atoms with E-state index < -0.39 is 0 Å². The Hall–Kier alpha value is -1.62. The Morgan fingerprint density at radius 3 is 2.89 bits per heavy atom. The Kier molecular flexibility index (Phi) is 4.15. The zero-order valence-corrected chi connectivity index (χ0v) is 10.8. The average molecular weight is 248 g/mol. The van der Waals surface area contributed by atoms with Gasteiger partial charge in [0.1, 0.15) is 0 Å². The van der Waals surface area contributed by atoms with Crippen LogP contribution >= 0.6 is 0 Å². The average Bonchev–Trinajstić information content (AvgIpc) is 2.89. The van der Waals surface area contributed by atoms with Crippen LogP contribution in [0.4, 0.5) is 5.69 Å². The Balaban J connectivity index is 1.90. The maximum Gasteiger partial charge on any atom is 0.274 e. The molecule has 1 aromatic rings. The molecular formula is C13H20N4O. The van der Waals surface area contributed by atoms with Gasteiger partial charge in [0.05, 0.1) is 5.69 Å². The molecule has 5 heteroatoms. The number of nitrogens with two attached hydrogens (primary N) is 1. The number of carbonyl (C=O) groups is 1. The van der Waals surface area contributed by atoms with Gasteiger partial charge in [-0.25, -0.2) is 4.98 Å². The number of likely N-dealkylation sites (tertiary alicyclic amines) is 1. The SMILES string of the molecule is CN(CCN1CCCC1)C(=O)c1ncccc1N. The van der Waals surface area contributed by atoms with Gasteiger partial charge in [-0.3, -0.25) is 4.79 Å². The van der Waals surface area contributed by atoms with E-state index in [1.165, 1.54) is 12.8 Å². The predicted octanol–water partition coefficient (Wildman–Crippen LogP) is 0.832. The van der Waals surface area contributed by atoms with E-state index in [9.17, 15) is 4.79 Å². The number of amides is 1. The number of nitrogen functional groups attached to an aromatic ring is 1. The van der Waals surface area contributed by atoms with Gasteiger partial charge in [-0.15, -0.1) is 0 Å². The maximum atomic E-state index is 12.1. The van der Waals surface area contributed by atoms with Crippen LogP contribution < -0.4 is 5.73 Å². The van der Waals surface area contributed by atoms with Gasteiger partial charge in [0.15, 0.2) is 5.69 Å². The monoisotopic (exact) mass is 248 g/mol. The normalized spacial score (nSPS) is 15.8. The summed E-state index contributed by atoms with van der Waals surface area (Å²) in [5.41, 5.74) is 6.55. The van der Waals surface area contributed by atoms with E-state index in [0.29, 0.717) is 11.4 Å². The highest BCUT2D eigenvalue weighted by Gasteiger charge is 2.17. The van der Waals surface area contributed by atoms with Gasteiger partial charge >= 0.3 is 0 Å². The zero-order chi connectivity index (χ0) is 13.0. The van der Waals surface area contributed by atoms with Crippen LogP contribution in [0.1, 0.15) is 23.3 Å². The molecule has 0 radical (unpaired) electrons. The van der Waals surface area contributed by atoms with E-state index >= 15 is 0 Å². The van der Waals surface area contributed by atoms with E-state index in [1.807, 2.05) is 0 Å². The topological polar surface area (TPSA) is 62.5 Å². The number of hydrogen-bond acceptors (Lipinski definition) is 4. The molecule has 0 saturated carbocycles. The second-order valence-corrected chi connectivity index (χ2v) is 4.72. The van der Waals surface area contributed by atoms with Crippen molar-refractivity contribution in [3.05, 3.63) is 24.0 Å². The maximum absolute atomic E-state index is 12.1. The van der Waals surface area contributed by atoms with Crippen LogP contribution in [-0.4, -0.2) is 53.9 Å². The molecule has 0 spiro atoms. The van der Waals surface area contributed by atoms with Crippen LogP contribution in [-0.2, 0) is 0 Å². The number of carbonyl (C=O) groups excluding carboxylic acids is 1. The second kappa shape index (κ2) is 5.82. The first-order chi connectivity index (χ1) is 8.68. The van der Waals surface area contributed by atoms with E-state index in [-0.39, 0.29) is 5.91 Å². The van der Waals surface area contributed by atoms with Crippen LogP contribution in [0.3, 0.4) is 0 Å². The van der Waals surface area contributed by atoms with Gasteiger partial charge < -0.3 is 15.5 Å². The van der Waals surface area contributed by atoms with Crippen LogP contribution in [0.2, 0.25) is 0 Å². The van der Waals surface area contributed by atoms with Crippen LogP contribution in [0.15, 0.2) is 18.3 Å². The Morgan fingerprint density at radius 2 is 2.22 bits per heavy atom. The van der Waals surface area contributed by atoms with Gasteiger partial charge in [0, 0.05) is 26.3 Å². The Morgan fingerprint density at radius 1 is 1.50 bits per heavy atom. The van der Waals surface area contributed by atoms with Crippen LogP contribution in [0.5, 0.6) is 0 Å². The number of hydrogen-bond donors (Lipinski definition) is 1. The highest BCUT2D eigenvalue weighted by Crippen LogP contribution is 2.10. The molecule has 2 rings (SSSR count). The van der Waals surface area contributed by atoms with Crippen LogP contribution in [0, 0.1) is 0 Å². The Labute approximate surface area is 108 Å². The number of aromatic nitrogens is 1. The lowest BCUT2D eigenvalue weighted by Gasteiger charge is -2.21. The van der Waals surface area contributed by atoms with Crippen molar-refractivity contribution in [2.45, 2.75) is 12.8 Å². The summed E-state index contributed by atoms with van der Waals surface area (Å²) in [5, 5.41) is 0. The van der Waals surface area contributed by atoms with Crippen molar-refractivity contribution in [1.29, 1.82) is 0 Å². The molecule has 18 heavy (non-hydrogen) atoms. The van der Waals surface area contributed by atoms with Gasteiger partial charge in [-0.05, 0) is 38.1 Å². The minimum Gasteiger partial charge on any atom is -0.397 e. The van der Waals surface area contributed by atoms with Crippen molar-refractivity contribution in [2.75, 3.05) is 39.0 Å². The molecular weight excluding hydrogens is 228 g/mol.